The van der Waals surface area contributed by atoms with E-state index in [0.717, 1.165) is 5.56 Å². The maximum Gasteiger partial charge on any atom is 0.191 e. The van der Waals surface area contributed by atoms with Crippen molar-refractivity contribution >= 4 is 29.9 Å². The van der Waals surface area contributed by atoms with Gasteiger partial charge in [0.25, 0.3) is 0 Å². The van der Waals surface area contributed by atoms with Gasteiger partial charge in [0.2, 0.25) is 0 Å². The number of nitrogens with zero attached hydrogens (tertiary/aromatic N) is 1. The molecule has 0 bridgehead atoms. The Morgan fingerprint density at radius 1 is 1.17 bits per heavy atom. The lowest BCUT2D eigenvalue weighted by Gasteiger charge is -2.28. The highest BCUT2D eigenvalue weighted by atomic mass is 127. The largest absolute Gasteiger partial charge is 0.377 e. The Morgan fingerprint density at radius 3 is 2.30 bits per heavy atom. The molecule has 23 heavy (non-hydrogen) atoms. The number of guanidine groups is 1. The van der Waals surface area contributed by atoms with Crippen molar-refractivity contribution in [3.05, 3.63) is 35.6 Å². The van der Waals surface area contributed by atoms with Crippen LogP contribution in [0.1, 0.15) is 33.3 Å². The molecule has 2 N–H and O–H groups in total. The van der Waals surface area contributed by atoms with Gasteiger partial charge in [0.05, 0.1) is 5.60 Å². The smallest absolute Gasteiger partial charge is 0.191 e. The van der Waals surface area contributed by atoms with Gasteiger partial charge in [0, 0.05) is 32.7 Å². The molecule has 0 aromatic heterocycles. The lowest BCUT2D eigenvalue weighted by Crippen LogP contribution is -2.48. The van der Waals surface area contributed by atoms with E-state index in [9.17, 15) is 4.39 Å². The van der Waals surface area contributed by atoms with Crippen LogP contribution in [-0.4, -0.2) is 38.8 Å². The van der Waals surface area contributed by atoms with Crippen LogP contribution in [0.15, 0.2) is 29.3 Å². The highest BCUT2D eigenvalue weighted by Gasteiger charge is 2.22. The minimum absolute atomic E-state index is 0. The van der Waals surface area contributed by atoms with Gasteiger partial charge in [-0.25, -0.2) is 4.39 Å². The van der Waals surface area contributed by atoms with Gasteiger partial charge < -0.3 is 15.4 Å². The van der Waals surface area contributed by atoms with Crippen molar-refractivity contribution in [2.45, 2.75) is 38.7 Å². The molecular weight excluding hydrogens is 408 g/mol. The first-order chi connectivity index (χ1) is 10.2. The van der Waals surface area contributed by atoms with Crippen LogP contribution in [0.2, 0.25) is 0 Å². The third-order valence-corrected chi connectivity index (χ3v) is 3.76. The lowest BCUT2D eigenvalue weighted by molar-refractivity contribution is 0.0268. The van der Waals surface area contributed by atoms with Crippen molar-refractivity contribution in [2.75, 3.05) is 27.2 Å². The second kappa shape index (κ2) is 9.42. The molecule has 0 aliphatic heterocycles. The van der Waals surface area contributed by atoms with Crippen molar-refractivity contribution in [1.82, 2.24) is 10.6 Å². The maximum atomic E-state index is 13.4. The Kier molecular flexibility index (Phi) is 9.05. The molecule has 0 saturated carbocycles. The summed E-state index contributed by atoms with van der Waals surface area (Å²) in [5.74, 6) is 0.490. The number of halogens is 2. The van der Waals surface area contributed by atoms with Crippen molar-refractivity contribution < 1.29 is 9.13 Å². The molecule has 0 aliphatic carbocycles. The summed E-state index contributed by atoms with van der Waals surface area (Å²) >= 11 is 0. The average Bonchev–Trinajstić information content (AvgIpc) is 2.47. The van der Waals surface area contributed by atoms with E-state index in [1.807, 2.05) is 19.9 Å². The maximum absolute atomic E-state index is 13.4. The fourth-order valence-corrected chi connectivity index (χ4v) is 1.91. The minimum atomic E-state index is -0.268. The highest BCUT2D eigenvalue weighted by Crippen LogP contribution is 2.22. The predicted octanol–water partition coefficient (Wildman–Crippen LogP) is 3.31. The van der Waals surface area contributed by atoms with Gasteiger partial charge in [-0.15, -0.1) is 24.0 Å². The van der Waals surface area contributed by atoms with Crippen LogP contribution in [0.4, 0.5) is 4.39 Å². The summed E-state index contributed by atoms with van der Waals surface area (Å²) in [7, 11) is 3.41. The Balaban J connectivity index is 0.00000484. The SMILES string of the molecule is CN=C(NCC(C)(C)OC)NCC(C)(C)c1cccc(F)c1.I. The van der Waals surface area contributed by atoms with Gasteiger partial charge in [0.15, 0.2) is 5.96 Å². The molecule has 1 aromatic carbocycles. The van der Waals surface area contributed by atoms with E-state index < -0.39 is 0 Å². The van der Waals surface area contributed by atoms with E-state index in [1.54, 1.807) is 26.3 Å². The minimum Gasteiger partial charge on any atom is -0.377 e. The number of rotatable bonds is 6. The van der Waals surface area contributed by atoms with E-state index in [2.05, 4.69) is 29.5 Å². The summed E-state index contributed by atoms with van der Waals surface area (Å²) < 4.78 is 18.8. The molecule has 0 heterocycles. The van der Waals surface area contributed by atoms with Crippen LogP contribution in [-0.2, 0) is 10.2 Å². The van der Waals surface area contributed by atoms with Crippen LogP contribution < -0.4 is 10.6 Å². The number of benzene rings is 1. The Morgan fingerprint density at radius 2 is 1.78 bits per heavy atom. The topological polar surface area (TPSA) is 45.7 Å². The zero-order valence-electron chi connectivity index (χ0n) is 14.9. The predicted molar refractivity (Wildman–Crippen MR) is 105 cm³/mol. The number of hydrogen-bond donors (Lipinski definition) is 2. The number of hydrogen-bond acceptors (Lipinski definition) is 2. The Bertz CT molecular complexity index is 518. The fraction of sp³-hybridized carbons (Fsp3) is 0.588. The van der Waals surface area contributed by atoms with E-state index in [0.29, 0.717) is 19.0 Å². The van der Waals surface area contributed by atoms with Crippen molar-refractivity contribution in [3.8, 4) is 0 Å². The quantitative estimate of drug-likeness (QED) is 0.408. The molecule has 6 heteroatoms. The molecule has 0 atom stereocenters. The molecule has 0 saturated heterocycles. The fourth-order valence-electron chi connectivity index (χ4n) is 1.91. The van der Waals surface area contributed by atoms with Crippen LogP contribution in [0, 0.1) is 5.82 Å². The molecule has 1 aromatic rings. The molecule has 0 fully saturated rings. The molecule has 4 nitrogen and oxygen atoms in total. The number of methoxy groups -OCH3 is 1. The zero-order valence-corrected chi connectivity index (χ0v) is 17.2. The zero-order chi connectivity index (χ0) is 16.8. The first-order valence-corrected chi connectivity index (χ1v) is 7.46. The van der Waals surface area contributed by atoms with E-state index in [-0.39, 0.29) is 40.8 Å². The molecule has 0 unspecified atom stereocenters. The van der Waals surface area contributed by atoms with Crippen LogP contribution >= 0.6 is 24.0 Å². The highest BCUT2D eigenvalue weighted by molar-refractivity contribution is 14.0. The summed E-state index contributed by atoms with van der Waals surface area (Å²) in [5, 5.41) is 6.52. The monoisotopic (exact) mass is 437 g/mol. The van der Waals surface area contributed by atoms with E-state index >= 15 is 0 Å². The lowest BCUT2D eigenvalue weighted by atomic mass is 9.84. The molecular formula is C17H29FIN3O. The van der Waals surface area contributed by atoms with Crippen molar-refractivity contribution in [1.29, 1.82) is 0 Å². The van der Waals surface area contributed by atoms with Gasteiger partial charge in [0.1, 0.15) is 5.82 Å². The molecule has 132 valence electrons. The summed E-state index contributed by atoms with van der Waals surface area (Å²) in [6.45, 7) is 9.43. The van der Waals surface area contributed by atoms with Crippen LogP contribution in [0.5, 0.6) is 0 Å². The molecule has 0 amide bonds. The first-order valence-electron chi connectivity index (χ1n) is 7.46. The average molecular weight is 437 g/mol. The second-order valence-corrected chi connectivity index (χ2v) is 6.64. The van der Waals surface area contributed by atoms with Gasteiger partial charge in [-0.2, -0.15) is 0 Å². The normalized spacial score (nSPS) is 12.6. The standard InChI is InChI=1S/C17H28FN3O.HI/c1-16(2,13-8-7-9-14(18)10-13)11-20-15(19-5)21-12-17(3,4)22-6;/h7-10H,11-12H2,1-6H3,(H2,19,20,21);1H. The molecule has 1 rings (SSSR count). The third kappa shape index (κ3) is 7.48. The summed E-state index contributed by atoms with van der Waals surface area (Å²) in [5.41, 5.74) is 0.472. The van der Waals surface area contributed by atoms with Gasteiger partial charge in [-0.3, -0.25) is 4.99 Å². The van der Waals surface area contributed by atoms with E-state index in [4.69, 9.17) is 4.74 Å². The third-order valence-electron chi connectivity index (χ3n) is 3.76. The number of ether oxygens (including phenoxy) is 1. The van der Waals surface area contributed by atoms with Crippen LogP contribution in [0.3, 0.4) is 0 Å². The van der Waals surface area contributed by atoms with Crippen LogP contribution in [0.25, 0.3) is 0 Å². The molecule has 0 radical (unpaired) electrons. The summed E-state index contributed by atoms with van der Waals surface area (Å²) in [6.07, 6.45) is 0. The molecule has 0 aliphatic rings. The van der Waals surface area contributed by atoms with Crippen molar-refractivity contribution in [2.24, 2.45) is 4.99 Å². The number of nitrogens with one attached hydrogen (secondary N) is 2. The van der Waals surface area contributed by atoms with Gasteiger partial charge in [-0.05, 0) is 31.5 Å². The summed E-state index contributed by atoms with van der Waals surface area (Å²) in [6, 6.07) is 6.71. The van der Waals surface area contributed by atoms with Gasteiger partial charge in [-0.1, -0.05) is 26.0 Å². The molecule has 0 spiro atoms. The first kappa shape index (κ1) is 22.1. The number of aliphatic imine (C=N–C) groups is 1. The summed E-state index contributed by atoms with van der Waals surface area (Å²) in [4.78, 5) is 4.20. The Labute approximate surface area is 156 Å². The Hall–Kier alpha value is -0.890. The van der Waals surface area contributed by atoms with Crippen molar-refractivity contribution in [3.63, 3.8) is 0 Å². The second-order valence-electron chi connectivity index (χ2n) is 6.64. The van der Waals surface area contributed by atoms with E-state index in [1.165, 1.54) is 6.07 Å². The van der Waals surface area contributed by atoms with Gasteiger partial charge >= 0.3 is 0 Å².